The van der Waals surface area contributed by atoms with Crippen LogP contribution in [0.4, 0.5) is 39.5 Å². The van der Waals surface area contributed by atoms with Crippen LogP contribution in [0.5, 0.6) is 5.75 Å². The molecule has 0 saturated heterocycles. The predicted molar refractivity (Wildman–Crippen MR) is 78.0 cm³/mol. The fraction of sp³-hybridized carbons (Fsp3) is 0.562. The first-order valence-electron chi connectivity index (χ1n) is 7.62. The summed E-state index contributed by atoms with van der Waals surface area (Å²) in [7, 11) is 1.35. The zero-order chi connectivity index (χ0) is 22.0. The number of halogens is 9. The Morgan fingerprint density at radius 3 is 1.86 bits per heavy atom. The molecular formula is C16H15F9O3. The molecule has 0 bridgehead atoms. The third kappa shape index (κ3) is 4.82. The molecule has 0 saturated carbocycles. The summed E-state index contributed by atoms with van der Waals surface area (Å²) in [5.74, 6) is -20.0. The van der Waals surface area contributed by atoms with Crippen molar-refractivity contribution in [3.63, 3.8) is 0 Å². The standard InChI is InChI=1S/C16H15F9O3/c1-9(28-12(26)10-3-5-11(27-2)6-4-10)7-8-13(17,18)14(19,20)15(21,22)16(23,24)25/h3-6,9H,7-8H2,1-2H3. The van der Waals surface area contributed by atoms with Crippen molar-refractivity contribution in [2.45, 2.75) is 49.8 Å². The van der Waals surface area contributed by atoms with E-state index in [1.807, 2.05) is 0 Å². The SMILES string of the molecule is COc1ccc(C(=O)OC(C)CCC(F)(F)C(F)(F)C(F)(F)C(F)(F)F)cc1. The van der Waals surface area contributed by atoms with Crippen LogP contribution < -0.4 is 4.74 Å². The zero-order valence-electron chi connectivity index (χ0n) is 14.4. The molecule has 0 fully saturated rings. The molecule has 0 aliphatic heterocycles. The molecule has 0 aliphatic carbocycles. The largest absolute Gasteiger partial charge is 0.497 e. The second-order valence-electron chi connectivity index (χ2n) is 5.83. The summed E-state index contributed by atoms with van der Waals surface area (Å²) in [5.41, 5.74) is -0.0478. The molecule has 0 radical (unpaired) electrons. The maximum Gasteiger partial charge on any atom is 0.460 e. The summed E-state index contributed by atoms with van der Waals surface area (Å²) < 4.78 is 124. The molecule has 1 aromatic carbocycles. The summed E-state index contributed by atoms with van der Waals surface area (Å²) in [4.78, 5) is 11.8. The van der Waals surface area contributed by atoms with Gasteiger partial charge in [-0.25, -0.2) is 4.79 Å². The molecular weight excluding hydrogens is 411 g/mol. The first-order valence-corrected chi connectivity index (χ1v) is 7.62. The molecule has 1 atom stereocenters. The maximum atomic E-state index is 13.4. The van der Waals surface area contributed by atoms with Crippen molar-refractivity contribution in [1.29, 1.82) is 0 Å². The number of hydrogen-bond acceptors (Lipinski definition) is 3. The minimum Gasteiger partial charge on any atom is -0.497 e. The van der Waals surface area contributed by atoms with Gasteiger partial charge in [0.25, 0.3) is 0 Å². The lowest BCUT2D eigenvalue weighted by molar-refractivity contribution is -0.397. The third-order valence-electron chi connectivity index (χ3n) is 3.71. The van der Waals surface area contributed by atoms with Crippen LogP contribution in [0.2, 0.25) is 0 Å². The van der Waals surface area contributed by atoms with Gasteiger partial charge in [-0.2, -0.15) is 39.5 Å². The van der Waals surface area contributed by atoms with Gasteiger partial charge < -0.3 is 9.47 Å². The first kappa shape index (κ1) is 23.9. The Morgan fingerprint density at radius 2 is 1.43 bits per heavy atom. The fourth-order valence-electron chi connectivity index (χ4n) is 1.99. The van der Waals surface area contributed by atoms with E-state index >= 15 is 0 Å². The van der Waals surface area contributed by atoms with Gasteiger partial charge in [-0.15, -0.1) is 0 Å². The maximum absolute atomic E-state index is 13.4. The van der Waals surface area contributed by atoms with Crippen LogP contribution in [0.25, 0.3) is 0 Å². The zero-order valence-corrected chi connectivity index (χ0v) is 14.4. The third-order valence-corrected chi connectivity index (χ3v) is 3.71. The first-order chi connectivity index (χ1) is 12.6. The quantitative estimate of drug-likeness (QED) is 0.408. The molecule has 1 unspecified atom stereocenters. The van der Waals surface area contributed by atoms with Crippen LogP contribution in [0.15, 0.2) is 24.3 Å². The number of esters is 1. The molecule has 1 aromatic rings. The highest BCUT2D eigenvalue weighted by molar-refractivity contribution is 5.89. The van der Waals surface area contributed by atoms with E-state index in [1.54, 1.807) is 0 Å². The van der Waals surface area contributed by atoms with Crippen molar-refractivity contribution in [2.75, 3.05) is 7.11 Å². The van der Waals surface area contributed by atoms with Gasteiger partial charge >= 0.3 is 29.9 Å². The second-order valence-corrected chi connectivity index (χ2v) is 5.83. The monoisotopic (exact) mass is 426 g/mol. The van der Waals surface area contributed by atoms with Gasteiger partial charge in [-0.3, -0.25) is 0 Å². The van der Waals surface area contributed by atoms with Crippen molar-refractivity contribution in [1.82, 2.24) is 0 Å². The van der Waals surface area contributed by atoms with Crippen molar-refractivity contribution < 1.29 is 53.8 Å². The summed E-state index contributed by atoms with van der Waals surface area (Å²) >= 11 is 0. The van der Waals surface area contributed by atoms with E-state index in [2.05, 4.69) is 0 Å². The minimum atomic E-state index is -6.94. The van der Waals surface area contributed by atoms with Gasteiger partial charge in [0.05, 0.1) is 18.8 Å². The molecule has 160 valence electrons. The molecule has 0 aromatic heterocycles. The van der Waals surface area contributed by atoms with E-state index in [0.717, 1.165) is 6.92 Å². The smallest absolute Gasteiger partial charge is 0.460 e. The Hall–Kier alpha value is -2.14. The lowest BCUT2D eigenvalue weighted by atomic mass is 9.98. The molecule has 28 heavy (non-hydrogen) atoms. The van der Waals surface area contributed by atoms with E-state index in [0.29, 0.717) is 5.75 Å². The van der Waals surface area contributed by atoms with Gasteiger partial charge in [0, 0.05) is 6.42 Å². The summed E-state index contributed by atoms with van der Waals surface area (Å²) in [5, 5.41) is 0. The fourth-order valence-corrected chi connectivity index (χ4v) is 1.99. The Bertz CT molecular complexity index is 669. The molecule has 0 aliphatic rings. The van der Waals surface area contributed by atoms with Crippen LogP contribution >= 0.6 is 0 Å². The van der Waals surface area contributed by atoms with Crippen LogP contribution in [-0.2, 0) is 4.74 Å². The van der Waals surface area contributed by atoms with Crippen molar-refractivity contribution in [2.24, 2.45) is 0 Å². The number of hydrogen-bond donors (Lipinski definition) is 0. The van der Waals surface area contributed by atoms with Gasteiger partial charge in [-0.05, 0) is 37.6 Å². The summed E-state index contributed by atoms with van der Waals surface area (Å²) in [6, 6.07) is 5.24. The topological polar surface area (TPSA) is 35.5 Å². The molecule has 0 N–H and O–H groups in total. The Labute approximate surface area is 153 Å². The van der Waals surface area contributed by atoms with Crippen LogP contribution in [0.3, 0.4) is 0 Å². The second kappa shape index (κ2) is 8.08. The van der Waals surface area contributed by atoms with Crippen molar-refractivity contribution in [3.05, 3.63) is 29.8 Å². The van der Waals surface area contributed by atoms with Gasteiger partial charge in [-0.1, -0.05) is 0 Å². The lowest BCUT2D eigenvalue weighted by Crippen LogP contribution is -2.60. The molecule has 0 amide bonds. The minimum absolute atomic E-state index is 0.0478. The molecule has 12 heteroatoms. The van der Waals surface area contributed by atoms with E-state index in [4.69, 9.17) is 9.47 Å². The van der Waals surface area contributed by atoms with Crippen LogP contribution in [0, 0.1) is 0 Å². The van der Waals surface area contributed by atoms with Gasteiger partial charge in [0.2, 0.25) is 0 Å². The number of carbonyl (C=O) groups is 1. The number of ether oxygens (including phenoxy) is 2. The highest BCUT2D eigenvalue weighted by Gasteiger charge is 2.81. The summed E-state index contributed by atoms with van der Waals surface area (Å²) in [6.45, 7) is 0.998. The highest BCUT2D eigenvalue weighted by Crippen LogP contribution is 2.54. The number of rotatable bonds is 8. The Kier molecular flexibility index (Phi) is 6.89. The molecule has 3 nitrogen and oxygen atoms in total. The van der Waals surface area contributed by atoms with Gasteiger partial charge in [0.15, 0.2) is 0 Å². The van der Waals surface area contributed by atoms with Crippen LogP contribution in [-0.4, -0.2) is 43.1 Å². The van der Waals surface area contributed by atoms with E-state index < -0.39 is 48.9 Å². The predicted octanol–water partition coefficient (Wildman–Crippen LogP) is 5.49. The molecule has 0 heterocycles. The number of benzene rings is 1. The summed E-state index contributed by atoms with van der Waals surface area (Å²) in [6.07, 6.45) is -11.5. The van der Waals surface area contributed by atoms with Gasteiger partial charge in [0.1, 0.15) is 5.75 Å². The molecule has 0 spiro atoms. The number of methoxy groups -OCH3 is 1. The normalized spacial score (nSPS) is 14.5. The van der Waals surface area contributed by atoms with Crippen molar-refractivity contribution in [3.8, 4) is 5.75 Å². The van der Waals surface area contributed by atoms with Crippen molar-refractivity contribution >= 4 is 5.97 Å². The van der Waals surface area contributed by atoms with E-state index in [1.165, 1.54) is 31.4 Å². The average Bonchev–Trinajstić information content (AvgIpc) is 2.58. The highest BCUT2D eigenvalue weighted by atomic mass is 19.4. The average molecular weight is 426 g/mol. The Balaban J connectivity index is 2.76. The van der Waals surface area contributed by atoms with E-state index in [-0.39, 0.29) is 5.56 Å². The molecule has 1 rings (SSSR count). The number of carbonyl (C=O) groups excluding carboxylic acids is 1. The number of alkyl halides is 9. The lowest BCUT2D eigenvalue weighted by Gasteiger charge is -2.34. The Morgan fingerprint density at radius 1 is 0.929 bits per heavy atom. The van der Waals surface area contributed by atoms with E-state index in [9.17, 15) is 44.3 Å². The van der Waals surface area contributed by atoms with Crippen LogP contribution in [0.1, 0.15) is 30.1 Å².